The number of rotatable bonds is 11. The second kappa shape index (κ2) is 17.5. The van der Waals surface area contributed by atoms with Crippen molar-refractivity contribution >= 4 is 40.9 Å². The molecule has 5 rings (SSSR count). The lowest BCUT2D eigenvalue weighted by atomic mass is 9.99. The summed E-state index contributed by atoms with van der Waals surface area (Å²) in [5.41, 5.74) is 2.93. The third-order valence-electron chi connectivity index (χ3n) is 9.31. The standard InChI is InChI=1S/C40H46N4O8/c1-5-8-18-30-38(46)44-24-28(21-33(44)37(45)43-36(39(47)48)25(6-2)7-3)52-35-22-31(26-15-11-9-12-16-26)41-32-23-34(50-4)27(20-29(32)35)17-13-10-14-19-51-40(49)42-30/h6-7,9,11-13,15-17,20,22-23,25,28,30,33,36H,2-3,5,8,10,14,18-19,21,24H2,1,4H3,(H,42,49)(H,43,45)(H,47,48)/b17-13+/t28-,30+,33+,36?/m1/s1. The van der Waals surface area contributed by atoms with E-state index in [2.05, 4.69) is 23.8 Å². The summed E-state index contributed by atoms with van der Waals surface area (Å²) in [6, 6.07) is 11.8. The van der Waals surface area contributed by atoms with E-state index in [0.717, 1.165) is 17.5 Å². The summed E-state index contributed by atoms with van der Waals surface area (Å²) in [6.45, 7) is 9.46. The minimum absolute atomic E-state index is 0.00619. The molecule has 1 unspecified atom stereocenters. The Bertz CT molecular complexity index is 1820. The van der Waals surface area contributed by atoms with Gasteiger partial charge in [0.2, 0.25) is 11.8 Å². The van der Waals surface area contributed by atoms with Gasteiger partial charge in [0.1, 0.15) is 35.7 Å². The molecule has 52 heavy (non-hydrogen) atoms. The number of ether oxygens (including phenoxy) is 3. The van der Waals surface area contributed by atoms with Crippen LogP contribution in [0.3, 0.4) is 0 Å². The molecule has 1 saturated heterocycles. The highest BCUT2D eigenvalue weighted by Gasteiger charge is 2.44. The van der Waals surface area contributed by atoms with E-state index in [1.54, 1.807) is 7.11 Å². The summed E-state index contributed by atoms with van der Waals surface area (Å²) in [5.74, 6) is -2.11. The Morgan fingerprint density at radius 2 is 1.94 bits per heavy atom. The number of unbranched alkanes of at least 4 members (excludes halogenated alkanes) is 1. The monoisotopic (exact) mass is 710 g/mol. The first-order chi connectivity index (χ1) is 25.2. The number of aromatic nitrogens is 1. The van der Waals surface area contributed by atoms with Gasteiger partial charge in [0, 0.05) is 41.0 Å². The largest absolute Gasteiger partial charge is 0.496 e. The van der Waals surface area contributed by atoms with E-state index in [0.29, 0.717) is 53.8 Å². The first-order valence-corrected chi connectivity index (χ1v) is 17.6. The maximum Gasteiger partial charge on any atom is 0.407 e. The lowest BCUT2D eigenvalue weighted by molar-refractivity contribution is -0.144. The van der Waals surface area contributed by atoms with Crippen LogP contribution in [0.15, 0.2) is 79.9 Å². The zero-order valence-electron chi connectivity index (χ0n) is 29.6. The van der Waals surface area contributed by atoms with Crippen LogP contribution in [0.1, 0.15) is 51.0 Å². The van der Waals surface area contributed by atoms with Crippen LogP contribution in [-0.2, 0) is 19.1 Å². The molecule has 274 valence electrons. The summed E-state index contributed by atoms with van der Waals surface area (Å²) in [7, 11) is 1.59. The van der Waals surface area contributed by atoms with Crippen molar-refractivity contribution in [3.63, 3.8) is 0 Å². The first kappa shape index (κ1) is 37.6. The Kier molecular flexibility index (Phi) is 12.7. The van der Waals surface area contributed by atoms with Gasteiger partial charge in [0.15, 0.2) is 0 Å². The quantitative estimate of drug-likeness (QED) is 0.206. The van der Waals surface area contributed by atoms with E-state index in [-0.39, 0.29) is 19.6 Å². The number of pyridine rings is 1. The molecule has 4 bridgehead atoms. The second-order valence-corrected chi connectivity index (χ2v) is 12.9. The molecular weight excluding hydrogens is 664 g/mol. The highest BCUT2D eigenvalue weighted by atomic mass is 16.5. The number of carboxylic acid groups (broad SMARTS) is 1. The van der Waals surface area contributed by atoms with Crippen molar-refractivity contribution in [2.75, 3.05) is 20.3 Å². The summed E-state index contributed by atoms with van der Waals surface area (Å²) in [6.07, 6.45) is 8.18. The molecule has 0 aliphatic carbocycles. The first-order valence-electron chi connectivity index (χ1n) is 17.6. The van der Waals surface area contributed by atoms with E-state index in [9.17, 15) is 24.3 Å². The van der Waals surface area contributed by atoms with Crippen molar-refractivity contribution in [3.05, 3.63) is 85.5 Å². The van der Waals surface area contributed by atoms with Gasteiger partial charge in [-0.1, -0.05) is 74.4 Å². The molecule has 12 nitrogen and oxygen atoms in total. The number of benzene rings is 2. The van der Waals surface area contributed by atoms with Crippen molar-refractivity contribution in [2.45, 2.75) is 69.7 Å². The van der Waals surface area contributed by atoms with Crippen molar-refractivity contribution in [2.24, 2.45) is 5.92 Å². The lowest BCUT2D eigenvalue weighted by Crippen LogP contribution is -2.56. The molecule has 2 aromatic carbocycles. The number of carbonyl (C=O) groups is 4. The normalized spacial score (nSPS) is 20.5. The third-order valence-corrected chi connectivity index (χ3v) is 9.31. The van der Waals surface area contributed by atoms with Gasteiger partial charge in [-0.25, -0.2) is 14.6 Å². The van der Waals surface area contributed by atoms with Crippen molar-refractivity contribution < 1.29 is 38.5 Å². The minimum Gasteiger partial charge on any atom is -0.496 e. The number of hydrogen-bond donors (Lipinski definition) is 3. The summed E-state index contributed by atoms with van der Waals surface area (Å²) in [5, 5.41) is 16.0. The van der Waals surface area contributed by atoms with Crippen molar-refractivity contribution in [1.82, 2.24) is 20.5 Å². The summed E-state index contributed by atoms with van der Waals surface area (Å²) < 4.78 is 17.9. The van der Waals surface area contributed by atoms with Crippen LogP contribution in [0.25, 0.3) is 28.2 Å². The van der Waals surface area contributed by atoms with Crippen LogP contribution in [-0.4, -0.2) is 83.4 Å². The number of hydrogen-bond acceptors (Lipinski definition) is 8. The number of carbonyl (C=O) groups excluding carboxylic acids is 3. The molecule has 12 heteroatoms. The van der Waals surface area contributed by atoms with Crippen LogP contribution in [0, 0.1) is 5.92 Å². The number of allylic oxidation sites excluding steroid dienone is 1. The van der Waals surface area contributed by atoms with Crippen LogP contribution in [0.4, 0.5) is 4.79 Å². The van der Waals surface area contributed by atoms with Gasteiger partial charge in [-0.05, 0) is 25.3 Å². The van der Waals surface area contributed by atoms with Gasteiger partial charge in [0.25, 0.3) is 0 Å². The fourth-order valence-corrected chi connectivity index (χ4v) is 6.52. The second-order valence-electron chi connectivity index (χ2n) is 12.9. The Morgan fingerprint density at radius 1 is 1.17 bits per heavy atom. The number of fused-ring (bicyclic) bond motifs is 3. The molecule has 3 N–H and O–H groups in total. The summed E-state index contributed by atoms with van der Waals surface area (Å²) >= 11 is 0. The average molecular weight is 711 g/mol. The maximum atomic E-state index is 14.3. The van der Waals surface area contributed by atoms with Crippen LogP contribution >= 0.6 is 0 Å². The predicted octanol–water partition coefficient (Wildman–Crippen LogP) is 5.91. The van der Waals surface area contributed by atoms with Gasteiger partial charge >= 0.3 is 12.1 Å². The molecular formula is C40H46N4O8. The molecule has 3 amide bonds. The molecule has 2 aliphatic heterocycles. The highest BCUT2D eigenvalue weighted by molar-refractivity contribution is 5.94. The third kappa shape index (κ3) is 8.79. The van der Waals surface area contributed by atoms with Crippen molar-refractivity contribution in [3.8, 4) is 22.8 Å². The van der Waals surface area contributed by atoms with Crippen LogP contribution in [0.5, 0.6) is 11.5 Å². The topological polar surface area (TPSA) is 156 Å². The van der Waals surface area contributed by atoms with E-state index in [1.807, 2.05) is 67.6 Å². The number of alkyl carbamates (subject to hydrolysis) is 1. The molecule has 1 fully saturated rings. The zero-order chi connectivity index (χ0) is 37.2. The molecule has 3 heterocycles. The number of methoxy groups -OCH3 is 1. The summed E-state index contributed by atoms with van der Waals surface area (Å²) in [4.78, 5) is 59.8. The van der Waals surface area contributed by atoms with E-state index >= 15 is 0 Å². The van der Waals surface area contributed by atoms with Crippen LogP contribution < -0.4 is 20.1 Å². The number of nitrogens with zero attached hydrogens (tertiary/aromatic N) is 2. The molecule has 3 aromatic rings. The number of carboxylic acids is 1. The number of nitrogens with one attached hydrogen (secondary N) is 2. The molecule has 4 atom stereocenters. The maximum absolute atomic E-state index is 14.3. The van der Waals surface area contributed by atoms with Gasteiger partial charge in [0.05, 0.1) is 31.5 Å². The lowest BCUT2D eigenvalue weighted by Gasteiger charge is -2.29. The average Bonchev–Trinajstić information content (AvgIpc) is 3.57. The van der Waals surface area contributed by atoms with Crippen LogP contribution in [0.2, 0.25) is 0 Å². The highest BCUT2D eigenvalue weighted by Crippen LogP contribution is 2.37. The van der Waals surface area contributed by atoms with Crippen molar-refractivity contribution in [1.29, 1.82) is 0 Å². The van der Waals surface area contributed by atoms with Gasteiger partial charge < -0.3 is 34.9 Å². The van der Waals surface area contributed by atoms with Gasteiger partial charge in [-0.15, -0.1) is 13.2 Å². The van der Waals surface area contributed by atoms with E-state index < -0.39 is 54.0 Å². The van der Waals surface area contributed by atoms with E-state index in [4.69, 9.17) is 19.2 Å². The van der Waals surface area contributed by atoms with E-state index in [1.165, 1.54) is 17.1 Å². The van der Waals surface area contributed by atoms with Gasteiger partial charge in [-0.2, -0.15) is 0 Å². The number of amides is 3. The number of cyclic esters (lactones) is 1. The zero-order valence-corrected chi connectivity index (χ0v) is 29.6. The van der Waals surface area contributed by atoms with Gasteiger partial charge in [-0.3, -0.25) is 9.59 Å². The smallest absolute Gasteiger partial charge is 0.407 e. The Hall–Kier alpha value is -5.65. The minimum atomic E-state index is -1.36. The SMILES string of the molecule is C=CC(C=C)C(NC(=O)[C@@H]1C[C@@H]2CN1C(=O)[C@H](CCCC)NC(=O)OCCC/C=C/c1cc3c(cc(-c4ccccc4)nc3cc1OC)O2)C(=O)O. The Morgan fingerprint density at radius 3 is 2.63 bits per heavy atom. The molecule has 0 radical (unpaired) electrons. The Balaban J connectivity index is 1.61. The molecule has 1 aromatic heterocycles. The molecule has 0 spiro atoms. The number of aliphatic carboxylic acids is 1. The molecule has 0 saturated carbocycles. The fourth-order valence-electron chi connectivity index (χ4n) is 6.52. The fraction of sp³-hybridized carbons (Fsp3) is 0.375. The Labute approximate surface area is 303 Å². The molecule has 2 aliphatic rings. The predicted molar refractivity (Wildman–Crippen MR) is 198 cm³/mol.